The molecule has 2 aromatic rings. The van der Waals surface area contributed by atoms with Crippen LogP contribution in [0.1, 0.15) is 5.56 Å². The fourth-order valence-corrected chi connectivity index (χ4v) is 2.91. The van der Waals surface area contributed by atoms with E-state index in [1.807, 2.05) is 0 Å². The summed E-state index contributed by atoms with van der Waals surface area (Å²) in [5.41, 5.74) is 0.885. The van der Waals surface area contributed by atoms with Crippen molar-refractivity contribution in [1.82, 2.24) is 10.2 Å². The molecule has 5 nitrogen and oxygen atoms in total. The van der Waals surface area contributed by atoms with E-state index in [1.54, 1.807) is 19.1 Å². The molecule has 2 N–H and O–H groups in total. The summed E-state index contributed by atoms with van der Waals surface area (Å²) >= 11 is 12.0. The van der Waals surface area contributed by atoms with Crippen molar-refractivity contribution in [3.63, 3.8) is 0 Å². The first kappa shape index (κ1) is 13.2. The van der Waals surface area contributed by atoms with Crippen LogP contribution in [0.4, 0.5) is 5.69 Å². The first-order valence-electron chi connectivity index (χ1n) is 4.88. The fourth-order valence-electron chi connectivity index (χ4n) is 1.33. The molecule has 0 aliphatic rings. The molecule has 0 saturated carbocycles. The molecule has 0 bridgehead atoms. The highest BCUT2D eigenvalue weighted by Crippen LogP contribution is 2.34. The molecule has 0 aliphatic carbocycles. The van der Waals surface area contributed by atoms with Crippen LogP contribution in [0.15, 0.2) is 29.4 Å². The molecule has 1 heterocycles. The highest BCUT2D eigenvalue weighted by atomic mass is 35.5. The number of aromatic nitrogens is 2. The minimum atomic E-state index is -3.77. The summed E-state index contributed by atoms with van der Waals surface area (Å²) in [4.78, 5) is 0. The molecule has 0 fully saturated rings. The SMILES string of the molecule is Cc1ccc(Cl)c(NS(=O)(=O)c2ccn[nH]2)c1Cl. The van der Waals surface area contributed by atoms with Crippen molar-refractivity contribution in [1.29, 1.82) is 0 Å². The number of halogens is 2. The van der Waals surface area contributed by atoms with Gasteiger partial charge in [-0.25, -0.2) is 0 Å². The molecule has 0 unspecified atom stereocenters. The minimum Gasteiger partial charge on any atom is -0.275 e. The Bertz CT molecular complexity index is 669. The van der Waals surface area contributed by atoms with Gasteiger partial charge in [0.15, 0.2) is 5.03 Å². The smallest absolute Gasteiger partial charge is 0.275 e. The molecule has 8 heteroatoms. The lowest BCUT2D eigenvalue weighted by molar-refractivity contribution is 0.597. The van der Waals surface area contributed by atoms with E-state index in [0.717, 1.165) is 5.56 Å². The quantitative estimate of drug-likeness (QED) is 0.915. The molecule has 0 atom stereocenters. The number of rotatable bonds is 3. The monoisotopic (exact) mass is 305 g/mol. The zero-order valence-electron chi connectivity index (χ0n) is 9.24. The number of nitrogens with zero attached hydrogens (tertiary/aromatic N) is 1. The van der Waals surface area contributed by atoms with E-state index in [4.69, 9.17) is 23.2 Å². The van der Waals surface area contributed by atoms with Gasteiger partial charge in [-0.15, -0.1) is 0 Å². The lowest BCUT2D eigenvalue weighted by Crippen LogP contribution is -2.14. The number of aryl methyl sites for hydroxylation is 1. The Morgan fingerprint density at radius 1 is 1.28 bits per heavy atom. The number of benzene rings is 1. The van der Waals surface area contributed by atoms with Crippen LogP contribution in [0.5, 0.6) is 0 Å². The van der Waals surface area contributed by atoms with Crippen molar-refractivity contribution in [2.24, 2.45) is 0 Å². The van der Waals surface area contributed by atoms with Gasteiger partial charge >= 0.3 is 0 Å². The van der Waals surface area contributed by atoms with E-state index >= 15 is 0 Å². The molecule has 1 aromatic heterocycles. The second-order valence-electron chi connectivity index (χ2n) is 3.58. The molecule has 0 aliphatic heterocycles. The number of hydrogen-bond acceptors (Lipinski definition) is 3. The Morgan fingerprint density at radius 3 is 2.61 bits per heavy atom. The van der Waals surface area contributed by atoms with E-state index in [2.05, 4.69) is 14.9 Å². The van der Waals surface area contributed by atoms with Gasteiger partial charge < -0.3 is 0 Å². The topological polar surface area (TPSA) is 74.8 Å². The van der Waals surface area contributed by atoms with Crippen LogP contribution in [-0.2, 0) is 10.0 Å². The van der Waals surface area contributed by atoms with Crippen molar-refractivity contribution in [3.8, 4) is 0 Å². The summed E-state index contributed by atoms with van der Waals surface area (Å²) in [6, 6.07) is 4.62. The first-order chi connectivity index (χ1) is 8.42. The summed E-state index contributed by atoms with van der Waals surface area (Å²) in [7, 11) is -3.77. The molecular formula is C10H9Cl2N3O2S. The molecule has 2 rings (SSSR count). The number of nitrogens with one attached hydrogen (secondary N) is 2. The molecule has 96 valence electrons. The number of H-pyrrole nitrogens is 1. The number of aromatic amines is 1. The Hall–Kier alpha value is -1.24. The predicted molar refractivity (Wildman–Crippen MR) is 70.6 cm³/mol. The summed E-state index contributed by atoms with van der Waals surface area (Å²) in [5.74, 6) is 0. The van der Waals surface area contributed by atoms with Crippen LogP contribution < -0.4 is 4.72 Å². The summed E-state index contributed by atoms with van der Waals surface area (Å²) in [6.07, 6.45) is 1.34. The Morgan fingerprint density at radius 2 is 2.00 bits per heavy atom. The van der Waals surface area contributed by atoms with Gasteiger partial charge in [-0.2, -0.15) is 13.5 Å². The van der Waals surface area contributed by atoms with Gasteiger partial charge in [0, 0.05) is 0 Å². The van der Waals surface area contributed by atoms with Crippen molar-refractivity contribution >= 4 is 38.9 Å². The molecule has 18 heavy (non-hydrogen) atoms. The van der Waals surface area contributed by atoms with E-state index in [1.165, 1.54) is 12.3 Å². The second kappa shape index (κ2) is 4.79. The third-order valence-corrected chi connectivity index (χ3v) is 4.37. The van der Waals surface area contributed by atoms with Crippen LogP contribution >= 0.6 is 23.2 Å². The molecule has 0 spiro atoms. The van der Waals surface area contributed by atoms with Crippen LogP contribution in [-0.4, -0.2) is 18.6 Å². The van der Waals surface area contributed by atoms with Gasteiger partial charge in [-0.05, 0) is 24.6 Å². The standard InChI is InChI=1S/C10H9Cl2N3O2S/c1-6-2-3-7(11)10(9(6)12)15-18(16,17)8-4-5-13-14-8/h2-5,15H,1H3,(H,13,14). The highest BCUT2D eigenvalue weighted by molar-refractivity contribution is 7.92. The van der Waals surface area contributed by atoms with E-state index in [0.29, 0.717) is 0 Å². The summed E-state index contributed by atoms with van der Waals surface area (Å²) in [5, 5.41) is 6.39. The van der Waals surface area contributed by atoms with Gasteiger partial charge in [-0.3, -0.25) is 9.82 Å². The van der Waals surface area contributed by atoms with E-state index < -0.39 is 10.0 Å². The van der Waals surface area contributed by atoms with Gasteiger partial charge in [0.25, 0.3) is 10.0 Å². The van der Waals surface area contributed by atoms with Gasteiger partial charge in [0.1, 0.15) is 0 Å². The average Bonchev–Trinajstić information content (AvgIpc) is 2.84. The van der Waals surface area contributed by atoms with Crippen LogP contribution in [0, 0.1) is 6.92 Å². The average molecular weight is 306 g/mol. The van der Waals surface area contributed by atoms with Crippen LogP contribution in [0.2, 0.25) is 10.0 Å². The predicted octanol–water partition coefficient (Wildman–Crippen LogP) is 2.83. The minimum absolute atomic E-state index is 0.0591. The fraction of sp³-hybridized carbons (Fsp3) is 0.100. The third kappa shape index (κ3) is 2.45. The Balaban J connectivity index is 2.45. The normalized spacial score (nSPS) is 11.5. The lowest BCUT2D eigenvalue weighted by Gasteiger charge is -2.11. The van der Waals surface area contributed by atoms with Gasteiger partial charge in [0.05, 0.1) is 21.9 Å². The van der Waals surface area contributed by atoms with Gasteiger partial charge in [-0.1, -0.05) is 29.3 Å². The van der Waals surface area contributed by atoms with Crippen LogP contribution in [0.3, 0.4) is 0 Å². The maximum Gasteiger partial charge on any atom is 0.278 e. The number of anilines is 1. The van der Waals surface area contributed by atoms with E-state index in [9.17, 15) is 8.42 Å². The molecular weight excluding hydrogens is 297 g/mol. The molecule has 1 aromatic carbocycles. The highest BCUT2D eigenvalue weighted by Gasteiger charge is 2.19. The molecule has 0 amide bonds. The maximum atomic E-state index is 12.0. The first-order valence-corrected chi connectivity index (χ1v) is 7.12. The van der Waals surface area contributed by atoms with Crippen molar-refractivity contribution in [2.75, 3.05) is 4.72 Å². The van der Waals surface area contributed by atoms with E-state index in [-0.39, 0.29) is 20.8 Å². The lowest BCUT2D eigenvalue weighted by atomic mass is 10.2. The second-order valence-corrected chi connectivity index (χ2v) is 6.02. The maximum absolute atomic E-state index is 12.0. The molecule has 0 radical (unpaired) electrons. The zero-order chi connectivity index (χ0) is 13.3. The number of hydrogen-bond donors (Lipinski definition) is 2. The summed E-state index contributed by atoms with van der Waals surface area (Å²) < 4.78 is 26.3. The van der Waals surface area contributed by atoms with Crippen molar-refractivity contribution < 1.29 is 8.42 Å². The van der Waals surface area contributed by atoms with Crippen molar-refractivity contribution in [2.45, 2.75) is 11.9 Å². The third-order valence-electron chi connectivity index (χ3n) is 2.29. The van der Waals surface area contributed by atoms with Crippen molar-refractivity contribution in [3.05, 3.63) is 40.0 Å². The number of sulfonamides is 1. The Labute approximate surface area is 114 Å². The largest absolute Gasteiger partial charge is 0.278 e. The Kier molecular flexibility index (Phi) is 3.52. The van der Waals surface area contributed by atoms with Crippen LogP contribution in [0.25, 0.3) is 0 Å². The molecule has 0 saturated heterocycles. The zero-order valence-corrected chi connectivity index (χ0v) is 11.6. The van der Waals surface area contributed by atoms with Gasteiger partial charge in [0.2, 0.25) is 0 Å². The summed E-state index contributed by atoms with van der Waals surface area (Å²) in [6.45, 7) is 1.76.